The van der Waals surface area contributed by atoms with Gasteiger partial charge in [-0.2, -0.15) is 5.10 Å². The summed E-state index contributed by atoms with van der Waals surface area (Å²) in [6.07, 6.45) is 1.32. The lowest BCUT2D eigenvalue weighted by Crippen LogP contribution is -2.24. The first-order chi connectivity index (χ1) is 12.6. The van der Waals surface area contributed by atoms with E-state index in [4.69, 9.17) is 20.8 Å². The molecule has 0 unspecified atom stereocenters. The summed E-state index contributed by atoms with van der Waals surface area (Å²) in [5.41, 5.74) is 2.67. The van der Waals surface area contributed by atoms with Crippen molar-refractivity contribution in [3.63, 3.8) is 0 Å². The molecule has 0 aliphatic heterocycles. The van der Waals surface area contributed by atoms with Crippen LogP contribution in [0.3, 0.4) is 0 Å². The molecule has 0 aliphatic rings. The fraction of sp³-hybridized carbons (Fsp3) is 0.0526. The largest absolute Gasteiger partial charge is 0.484 e. The molecular weight excluding hydrogens is 359 g/mol. The van der Waals surface area contributed by atoms with Gasteiger partial charge in [0.2, 0.25) is 0 Å². The number of hydrazone groups is 1. The molecule has 1 aromatic heterocycles. The van der Waals surface area contributed by atoms with E-state index in [0.29, 0.717) is 27.9 Å². The minimum atomic E-state index is -0.433. The Morgan fingerprint density at radius 3 is 2.69 bits per heavy atom. The van der Waals surface area contributed by atoms with Crippen LogP contribution in [0.15, 0.2) is 70.2 Å². The number of carbonyl (C=O) groups is 1. The van der Waals surface area contributed by atoms with Gasteiger partial charge in [0.15, 0.2) is 6.61 Å². The van der Waals surface area contributed by atoms with E-state index in [2.05, 4.69) is 10.5 Å². The van der Waals surface area contributed by atoms with Crippen molar-refractivity contribution in [3.05, 3.63) is 77.3 Å². The van der Waals surface area contributed by atoms with Gasteiger partial charge in [0.25, 0.3) is 5.91 Å². The summed E-state index contributed by atoms with van der Waals surface area (Å²) in [5, 5.41) is 4.37. The molecule has 1 amide bonds. The van der Waals surface area contributed by atoms with E-state index in [1.165, 1.54) is 12.3 Å². The van der Waals surface area contributed by atoms with Gasteiger partial charge in [-0.1, -0.05) is 23.7 Å². The van der Waals surface area contributed by atoms with Crippen LogP contribution in [-0.2, 0) is 4.79 Å². The maximum Gasteiger partial charge on any atom is 0.277 e. The topological polar surface area (TPSA) is 63.8 Å². The number of furan rings is 1. The molecule has 1 N–H and O–H groups in total. The molecule has 3 rings (SSSR count). The van der Waals surface area contributed by atoms with Crippen LogP contribution in [0, 0.1) is 5.82 Å². The Morgan fingerprint density at radius 1 is 1.15 bits per heavy atom. The predicted octanol–water partition coefficient (Wildman–Crippen LogP) is 4.27. The monoisotopic (exact) mass is 372 g/mol. The molecule has 0 atom stereocenters. The van der Waals surface area contributed by atoms with Crippen molar-refractivity contribution >= 4 is 23.7 Å². The van der Waals surface area contributed by atoms with Crippen LogP contribution in [0.2, 0.25) is 5.02 Å². The lowest BCUT2D eigenvalue weighted by molar-refractivity contribution is -0.123. The summed E-state index contributed by atoms with van der Waals surface area (Å²) < 4.78 is 24.5. The molecule has 7 heteroatoms. The molecule has 1 heterocycles. The standard InChI is InChI=1S/C19H14ClFN2O3/c20-13-5-7-14(8-6-13)25-12-19(24)23-22-11-15-9-10-18(26-15)16-3-1-2-4-17(16)21/h1-11H,12H2,(H,23,24)/b22-11-. The second kappa shape index (κ2) is 8.31. The third-order valence-corrected chi connectivity index (χ3v) is 3.58. The minimum Gasteiger partial charge on any atom is -0.484 e. The van der Waals surface area contributed by atoms with Gasteiger partial charge in [-0.25, -0.2) is 9.82 Å². The van der Waals surface area contributed by atoms with Crippen LogP contribution in [-0.4, -0.2) is 18.7 Å². The van der Waals surface area contributed by atoms with E-state index < -0.39 is 5.91 Å². The summed E-state index contributed by atoms with van der Waals surface area (Å²) >= 11 is 5.77. The number of ether oxygens (including phenoxy) is 1. The van der Waals surface area contributed by atoms with Crippen LogP contribution >= 0.6 is 11.6 Å². The van der Waals surface area contributed by atoms with Crippen LogP contribution in [0.5, 0.6) is 5.75 Å². The highest BCUT2D eigenvalue weighted by atomic mass is 35.5. The molecule has 0 aliphatic carbocycles. The van der Waals surface area contributed by atoms with Crippen molar-refractivity contribution in [2.45, 2.75) is 0 Å². The van der Waals surface area contributed by atoms with E-state index in [1.54, 1.807) is 54.6 Å². The van der Waals surface area contributed by atoms with E-state index in [9.17, 15) is 9.18 Å². The van der Waals surface area contributed by atoms with Crippen molar-refractivity contribution < 1.29 is 18.3 Å². The Labute approximate surface area is 154 Å². The zero-order valence-corrected chi connectivity index (χ0v) is 14.2. The highest BCUT2D eigenvalue weighted by molar-refractivity contribution is 6.30. The van der Waals surface area contributed by atoms with Crippen LogP contribution in [0.25, 0.3) is 11.3 Å². The first-order valence-electron chi connectivity index (χ1n) is 7.67. The molecular formula is C19H14ClFN2O3. The minimum absolute atomic E-state index is 0.197. The van der Waals surface area contributed by atoms with E-state index >= 15 is 0 Å². The number of hydrogen-bond donors (Lipinski definition) is 1. The molecule has 0 radical (unpaired) electrons. The zero-order chi connectivity index (χ0) is 18.4. The zero-order valence-electron chi connectivity index (χ0n) is 13.5. The molecule has 2 aromatic carbocycles. The van der Waals surface area contributed by atoms with Crippen molar-refractivity contribution in [1.82, 2.24) is 5.43 Å². The maximum atomic E-state index is 13.7. The van der Waals surface area contributed by atoms with Gasteiger partial charge in [-0.05, 0) is 48.5 Å². The smallest absolute Gasteiger partial charge is 0.277 e. The first-order valence-corrected chi connectivity index (χ1v) is 8.04. The summed E-state index contributed by atoms with van der Waals surface area (Å²) in [4.78, 5) is 11.7. The van der Waals surface area contributed by atoms with Crippen molar-refractivity contribution in [2.75, 3.05) is 6.61 Å². The third kappa shape index (κ3) is 4.70. The van der Waals surface area contributed by atoms with Crippen molar-refractivity contribution in [1.29, 1.82) is 0 Å². The molecule has 0 fully saturated rings. The van der Waals surface area contributed by atoms with Gasteiger partial charge in [-0.3, -0.25) is 4.79 Å². The average molecular weight is 373 g/mol. The van der Waals surface area contributed by atoms with E-state index in [-0.39, 0.29) is 12.4 Å². The average Bonchev–Trinajstić information content (AvgIpc) is 3.10. The van der Waals surface area contributed by atoms with E-state index in [1.807, 2.05) is 0 Å². The molecule has 5 nitrogen and oxygen atoms in total. The highest BCUT2D eigenvalue weighted by Crippen LogP contribution is 2.24. The lowest BCUT2D eigenvalue weighted by atomic mass is 10.1. The summed E-state index contributed by atoms with van der Waals surface area (Å²) in [6.45, 7) is -0.197. The molecule has 3 aromatic rings. The Bertz CT molecular complexity index is 923. The Morgan fingerprint density at radius 2 is 1.92 bits per heavy atom. The fourth-order valence-corrected chi connectivity index (χ4v) is 2.23. The van der Waals surface area contributed by atoms with Gasteiger partial charge < -0.3 is 9.15 Å². The summed E-state index contributed by atoms with van der Waals surface area (Å²) in [5.74, 6) is 0.466. The van der Waals surface area contributed by atoms with Crippen molar-refractivity contribution in [2.24, 2.45) is 5.10 Å². The number of benzene rings is 2. The molecule has 0 bridgehead atoms. The third-order valence-electron chi connectivity index (χ3n) is 3.33. The number of hydrogen-bond acceptors (Lipinski definition) is 4. The predicted molar refractivity (Wildman–Crippen MR) is 96.8 cm³/mol. The Kier molecular flexibility index (Phi) is 5.66. The highest BCUT2D eigenvalue weighted by Gasteiger charge is 2.08. The van der Waals surface area contributed by atoms with Gasteiger partial charge in [0.1, 0.15) is 23.1 Å². The van der Waals surface area contributed by atoms with E-state index in [0.717, 1.165) is 0 Å². The van der Waals surface area contributed by atoms with Gasteiger partial charge in [0.05, 0.1) is 11.8 Å². The second-order valence-corrected chi connectivity index (χ2v) is 5.65. The van der Waals surface area contributed by atoms with Crippen LogP contribution < -0.4 is 10.2 Å². The summed E-state index contributed by atoms with van der Waals surface area (Å²) in [7, 11) is 0. The second-order valence-electron chi connectivity index (χ2n) is 5.22. The Hall–Kier alpha value is -3.12. The van der Waals surface area contributed by atoms with Crippen LogP contribution in [0.1, 0.15) is 5.76 Å². The number of nitrogens with zero attached hydrogens (tertiary/aromatic N) is 1. The molecule has 132 valence electrons. The molecule has 0 saturated carbocycles. The van der Waals surface area contributed by atoms with Crippen molar-refractivity contribution in [3.8, 4) is 17.1 Å². The maximum absolute atomic E-state index is 13.7. The quantitative estimate of drug-likeness (QED) is 0.519. The number of rotatable bonds is 6. The lowest BCUT2D eigenvalue weighted by Gasteiger charge is -2.04. The number of nitrogens with one attached hydrogen (secondary N) is 1. The summed E-state index contributed by atoms with van der Waals surface area (Å²) in [6, 6.07) is 16.2. The molecule has 0 spiro atoms. The number of amides is 1. The normalized spacial score (nSPS) is 10.8. The number of halogens is 2. The van der Waals surface area contributed by atoms with Gasteiger partial charge >= 0.3 is 0 Å². The first kappa shape index (κ1) is 17.7. The number of carbonyl (C=O) groups excluding carboxylic acids is 1. The molecule has 26 heavy (non-hydrogen) atoms. The van der Waals surface area contributed by atoms with Gasteiger partial charge in [-0.15, -0.1) is 0 Å². The van der Waals surface area contributed by atoms with Crippen LogP contribution in [0.4, 0.5) is 4.39 Å². The fourth-order valence-electron chi connectivity index (χ4n) is 2.11. The Balaban J connectivity index is 1.51. The SMILES string of the molecule is O=C(COc1ccc(Cl)cc1)N/N=C\c1ccc(-c2ccccc2F)o1. The van der Waals surface area contributed by atoms with Gasteiger partial charge in [0, 0.05) is 5.02 Å². The molecule has 0 saturated heterocycles.